The van der Waals surface area contributed by atoms with E-state index in [0.717, 1.165) is 38.5 Å². The van der Waals surface area contributed by atoms with Crippen LogP contribution in [0.25, 0.3) is 0 Å². The van der Waals surface area contributed by atoms with Crippen LogP contribution in [0.15, 0.2) is 24.3 Å². The van der Waals surface area contributed by atoms with Crippen molar-refractivity contribution >= 4 is 19.8 Å². The number of likely N-dealkylation sites (N-methyl/N-ethyl adjacent to an activating group) is 1. The van der Waals surface area contributed by atoms with Gasteiger partial charge in [-0.1, -0.05) is 321 Å². The summed E-state index contributed by atoms with van der Waals surface area (Å²) < 4.78 is 34.3. The molecule has 0 aromatic rings. The maximum absolute atomic E-state index is 12.8. The Morgan fingerprint density at radius 3 is 1.00 bits per heavy atom. The monoisotopic (exact) mass is 1140 g/mol. The van der Waals surface area contributed by atoms with Crippen molar-refractivity contribution in [1.29, 1.82) is 0 Å². The molecule has 0 fully saturated rings. The molecule has 9 nitrogen and oxygen atoms in total. The van der Waals surface area contributed by atoms with Crippen molar-refractivity contribution in [2.45, 2.75) is 360 Å². The maximum Gasteiger partial charge on any atom is 0.306 e. The van der Waals surface area contributed by atoms with E-state index < -0.39 is 26.5 Å². The van der Waals surface area contributed by atoms with Crippen LogP contribution in [0.3, 0.4) is 0 Å². The quantitative estimate of drug-likeness (QED) is 0.0195. The number of carbonyl (C=O) groups is 2. The van der Waals surface area contributed by atoms with Crippen LogP contribution in [0.1, 0.15) is 354 Å². The lowest BCUT2D eigenvalue weighted by atomic mass is 10.0. The zero-order valence-electron chi connectivity index (χ0n) is 53.4. The van der Waals surface area contributed by atoms with E-state index >= 15 is 0 Å². The Hall–Kier alpha value is -1.51. The molecule has 2 unspecified atom stereocenters. The standard InChI is InChI=1S/C69H134NO8P/c1-6-8-10-12-14-16-18-20-22-24-26-28-29-30-31-32-33-34-35-36-37-38-39-40-41-42-44-46-48-50-52-54-56-58-60-62-69(72)78-67(66-77-79(73,74)76-64-63-70(3,4)5)65-75-68(71)61-59-57-55-53-51-49-47-45-43-27-25-23-21-19-17-15-13-11-9-7-2/h18,20,24,26,67H,6-17,19,21-23,25,27-66H2,1-5H3/b20-18-,26-24-. The number of nitrogens with zero attached hydrogens (tertiary/aromatic N) is 1. The topological polar surface area (TPSA) is 111 Å². The van der Waals surface area contributed by atoms with Crippen molar-refractivity contribution in [3.8, 4) is 0 Å². The van der Waals surface area contributed by atoms with E-state index in [2.05, 4.69) is 38.2 Å². The van der Waals surface area contributed by atoms with E-state index in [0.29, 0.717) is 17.4 Å². The summed E-state index contributed by atoms with van der Waals surface area (Å²) >= 11 is 0. The van der Waals surface area contributed by atoms with E-state index in [1.54, 1.807) is 0 Å². The Kier molecular flexibility index (Phi) is 59.9. The molecule has 0 heterocycles. The number of quaternary nitrogens is 1. The van der Waals surface area contributed by atoms with Gasteiger partial charge in [0.15, 0.2) is 6.10 Å². The Morgan fingerprint density at radius 2 is 0.684 bits per heavy atom. The SMILES string of the molecule is CCCCCCC/C=C\C/C=C\CCCCCCCCCCCCCCCCCCCCCCCCCC(=O)OC(COC(=O)CCCCCCCCCCCCCCCCCCCCCC)COP(=O)([O-])OCC[N+](C)(C)C. The Bertz CT molecular complexity index is 1380. The molecule has 79 heavy (non-hydrogen) atoms. The number of hydrogen-bond acceptors (Lipinski definition) is 8. The van der Waals surface area contributed by atoms with Crippen LogP contribution < -0.4 is 4.89 Å². The van der Waals surface area contributed by atoms with Gasteiger partial charge in [-0.25, -0.2) is 0 Å². The first kappa shape index (κ1) is 77.5. The average Bonchev–Trinajstić information content (AvgIpc) is 3.41. The van der Waals surface area contributed by atoms with E-state index in [4.69, 9.17) is 18.5 Å². The molecule has 10 heteroatoms. The lowest BCUT2D eigenvalue weighted by molar-refractivity contribution is -0.870. The largest absolute Gasteiger partial charge is 0.756 e. The lowest BCUT2D eigenvalue weighted by Crippen LogP contribution is -2.37. The molecule has 0 radical (unpaired) electrons. The molecule has 0 aliphatic rings. The summed E-state index contributed by atoms with van der Waals surface area (Å²) in [7, 11) is 1.19. The van der Waals surface area contributed by atoms with Crippen LogP contribution in [0.5, 0.6) is 0 Å². The van der Waals surface area contributed by atoms with Gasteiger partial charge in [0.1, 0.15) is 19.8 Å². The normalized spacial score (nSPS) is 13.2. The molecule has 0 bridgehead atoms. The number of rotatable bonds is 65. The second-order valence-corrected chi connectivity index (χ2v) is 26.3. The fourth-order valence-corrected chi connectivity index (χ4v) is 11.1. The number of phosphoric acid groups is 1. The van der Waals surface area contributed by atoms with Gasteiger partial charge in [0.25, 0.3) is 7.82 Å². The van der Waals surface area contributed by atoms with Gasteiger partial charge >= 0.3 is 11.9 Å². The zero-order chi connectivity index (χ0) is 57.7. The molecular formula is C69H134NO8P. The van der Waals surface area contributed by atoms with Crippen molar-refractivity contribution in [1.82, 2.24) is 0 Å². The highest BCUT2D eigenvalue weighted by atomic mass is 31.2. The van der Waals surface area contributed by atoms with Crippen LogP contribution in [-0.2, 0) is 32.7 Å². The summed E-state index contributed by atoms with van der Waals surface area (Å²) in [6, 6.07) is 0. The molecular weight excluding hydrogens is 1000 g/mol. The number of esters is 2. The summed E-state index contributed by atoms with van der Waals surface area (Å²) in [5, 5.41) is 0. The first-order valence-corrected chi connectivity index (χ1v) is 36.0. The fraction of sp³-hybridized carbons (Fsp3) is 0.913. The first-order chi connectivity index (χ1) is 38.5. The summed E-state index contributed by atoms with van der Waals surface area (Å²) in [5.41, 5.74) is 0. The number of carbonyl (C=O) groups excluding carboxylic acids is 2. The molecule has 0 amide bonds. The molecule has 468 valence electrons. The van der Waals surface area contributed by atoms with E-state index in [-0.39, 0.29) is 32.0 Å². The molecule has 0 aromatic heterocycles. The number of phosphoric ester groups is 1. The van der Waals surface area contributed by atoms with Crippen LogP contribution in [0.4, 0.5) is 0 Å². The fourth-order valence-electron chi connectivity index (χ4n) is 10.4. The van der Waals surface area contributed by atoms with Crippen LogP contribution in [0.2, 0.25) is 0 Å². The number of allylic oxidation sites excluding steroid dienone is 4. The van der Waals surface area contributed by atoms with Gasteiger partial charge < -0.3 is 27.9 Å². The van der Waals surface area contributed by atoms with Gasteiger partial charge in [0.05, 0.1) is 27.7 Å². The van der Waals surface area contributed by atoms with Crippen molar-refractivity contribution in [2.75, 3.05) is 47.5 Å². The highest BCUT2D eigenvalue weighted by Crippen LogP contribution is 2.38. The molecule has 0 N–H and O–H groups in total. The smallest absolute Gasteiger partial charge is 0.306 e. The average molecular weight is 1140 g/mol. The van der Waals surface area contributed by atoms with Gasteiger partial charge in [-0.05, 0) is 44.9 Å². The third-order valence-electron chi connectivity index (χ3n) is 15.7. The molecule has 0 saturated carbocycles. The van der Waals surface area contributed by atoms with Crippen LogP contribution in [-0.4, -0.2) is 70.0 Å². The Balaban J connectivity index is 3.95. The maximum atomic E-state index is 12.8. The number of unbranched alkanes of at least 4 members (excludes halogenated alkanes) is 47. The van der Waals surface area contributed by atoms with E-state index in [1.165, 1.54) is 283 Å². The molecule has 0 aromatic carbocycles. The van der Waals surface area contributed by atoms with Crippen molar-refractivity contribution in [2.24, 2.45) is 0 Å². The number of hydrogen-bond donors (Lipinski definition) is 0. The van der Waals surface area contributed by atoms with Crippen molar-refractivity contribution in [3.63, 3.8) is 0 Å². The predicted molar refractivity (Wildman–Crippen MR) is 338 cm³/mol. The van der Waals surface area contributed by atoms with Gasteiger partial charge in [-0.15, -0.1) is 0 Å². The summed E-state index contributed by atoms with van der Waals surface area (Å²) in [6.07, 6.45) is 75.5. The van der Waals surface area contributed by atoms with E-state index in [1.807, 2.05) is 21.1 Å². The minimum Gasteiger partial charge on any atom is -0.756 e. The summed E-state index contributed by atoms with van der Waals surface area (Å²) in [6.45, 7) is 4.30. The highest BCUT2D eigenvalue weighted by Gasteiger charge is 2.22. The Labute approximate surface area is 491 Å². The minimum absolute atomic E-state index is 0.0264. The van der Waals surface area contributed by atoms with Gasteiger partial charge in [0.2, 0.25) is 0 Å². The van der Waals surface area contributed by atoms with Crippen molar-refractivity contribution < 1.29 is 42.1 Å². The zero-order valence-corrected chi connectivity index (χ0v) is 54.2. The second-order valence-electron chi connectivity index (χ2n) is 24.9. The summed E-state index contributed by atoms with van der Waals surface area (Å²) in [4.78, 5) is 38.0. The summed E-state index contributed by atoms with van der Waals surface area (Å²) in [5.74, 6) is -0.809. The molecule has 0 aliphatic carbocycles. The van der Waals surface area contributed by atoms with E-state index in [9.17, 15) is 19.0 Å². The van der Waals surface area contributed by atoms with Crippen molar-refractivity contribution in [3.05, 3.63) is 24.3 Å². The van der Waals surface area contributed by atoms with Gasteiger partial charge in [0, 0.05) is 12.8 Å². The molecule has 0 saturated heterocycles. The molecule has 2 atom stereocenters. The third kappa shape index (κ3) is 65.5. The highest BCUT2D eigenvalue weighted by molar-refractivity contribution is 7.45. The number of ether oxygens (including phenoxy) is 2. The molecule has 0 spiro atoms. The van der Waals surface area contributed by atoms with Gasteiger partial charge in [-0.3, -0.25) is 14.2 Å². The molecule has 0 aliphatic heterocycles. The third-order valence-corrected chi connectivity index (χ3v) is 16.7. The Morgan fingerprint density at radius 1 is 0.392 bits per heavy atom. The minimum atomic E-state index is -4.63. The molecule has 0 rings (SSSR count). The van der Waals surface area contributed by atoms with Gasteiger partial charge in [-0.2, -0.15) is 0 Å². The second kappa shape index (κ2) is 61.1. The lowest BCUT2D eigenvalue weighted by Gasteiger charge is -2.28. The van der Waals surface area contributed by atoms with Crippen LogP contribution >= 0.6 is 7.82 Å². The van der Waals surface area contributed by atoms with Crippen LogP contribution in [0, 0.1) is 0 Å². The predicted octanol–water partition coefficient (Wildman–Crippen LogP) is 21.5. The first-order valence-electron chi connectivity index (χ1n) is 34.5.